The highest BCUT2D eigenvalue weighted by Gasteiger charge is 2.26. The maximum Gasteiger partial charge on any atom is 0.341 e. The first-order valence-corrected chi connectivity index (χ1v) is 8.10. The van der Waals surface area contributed by atoms with Gasteiger partial charge in [0.1, 0.15) is 5.00 Å². The summed E-state index contributed by atoms with van der Waals surface area (Å²) in [5.41, 5.74) is 1.54. The molecule has 0 atom stereocenters. The summed E-state index contributed by atoms with van der Waals surface area (Å²) >= 11 is 2.90. The molecule has 0 saturated carbocycles. The van der Waals surface area contributed by atoms with Gasteiger partial charge in [-0.3, -0.25) is 4.79 Å². The fourth-order valence-electron chi connectivity index (χ4n) is 2.03. The van der Waals surface area contributed by atoms with E-state index in [1.807, 2.05) is 6.26 Å². The van der Waals surface area contributed by atoms with E-state index in [1.54, 1.807) is 0 Å². The lowest BCUT2D eigenvalue weighted by molar-refractivity contribution is -0.113. The molecule has 0 saturated heterocycles. The molecule has 7 heteroatoms. The molecule has 0 aromatic carbocycles. The zero-order valence-electron chi connectivity index (χ0n) is 10.9. The Kier molecular flexibility index (Phi) is 4.84. The Hall–Kier alpha value is -1.05. The van der Waals surface area contributed by atoms with E-state index >= 15 is 0 Å². The summed E-state index contributed by atoms with van der Waals surface area (Å²) in [4.78, 5) is 24.7. The molecule has 0 spiro atoms. The van der Waals surface area contributed by atoms with Crippen molar-refractivity contribution in [3.8, 4) is 0 Å². The number of anilines is 1. The van der Waals surface area contributed by atoms with Gasteiger partial charge in [0.05, 0.1) is 18.4 Å². The smallest absolute Gasteiger partial charge is 0.341 e. The minimum Gasteiger partial charge on any atom is -0.465 e. The van der Waals surface area contributed by atoms with Crippen molar-refractivity contribution in [2.45, 2.75) is 13.0 Å². The molecule has 0 aliphatic carbocycles. The summed E-state index contributed by atoms with van der Waals surface area (Å²) in [6.07, 6.45) is 2.65. The van der Waals surface area contributed by atoms with Gasteiger partial charge in [-0.15, -0.1) is 11.3 Å². The number of hydrogen-bond acceptors (Lipinski definition) is 6. The van der Waals surface area contributed by atoms with Crippen molar-refractivity contribution >= 4 is 40.0 Å². The first kappa shape index (κ1) is 14.4. The number of fused-ring (bicyclic) bond motifs is 1. The number of amides is 1. The third-order valence-electron chi connectivity index (χ3n) is 2.85. The third kappa shape index (κ3) is 3.10. The Bertz CT molecular complexity index is 499. The first-order valence-electron chi connectivity index (χ1n) is 5.89. The molecule has 1 aromatic heterocycles. The number of ether oxygens (including phenoxy) is 1. The summed E-state index contributed by atoms with van der Waals surface area (Å²) in [5.74, 6) is -0.0930. The normalized spacial score (nSPS) is 13.8. The molecule has 0 unspecified atom stereocenters. The van der Waals surface area contributed by atoms with Gasteiger partial charge in [0, 0.05) is 11.4 Å². The van der Waals surface area contributed by atoms with Crippen LogP contribution in [0.1, 0.15) is 20.8 Å². The molecule has 1 aliphatic rings. The lowest BCUT2D eigenvalue weighted by Gasteiger charge is -2.13. The van der Waals surface area contributed by atoms with E-state index in [2.05, 4.69) is 10.6 Å². The van der Waals surface area contributed by atoms with Gasteiger partial charge in [-0.25, -0.2) is 4.79 Å². The number of carbonyl (C=O) groups excluding carboxylic acids is 2. The van der Waals surface area contributed by atoms with Crippen LogP contribution in [0.15, 0.2) is 0 Å². The van der Waals surface area contributed by atoms with E-state index in [9.17, 15) is 9.59 Å². The molecule has 2 N–H and O–H groups in total. The van der Waals surface area contributed by atoms with Crippen molar-refractivity contribution in [3.05, 3.63) is 16.0 Å². The van der Waals surface area contributed by atoms with E-state index in [0.29, 0.717) is 16.3 Å². The molecule has 1 aliphatic heterocycles. The predicted octanol–water partition coefficient (Wildman–Crippen LogP) is 1.48. The van der Waals surface area contributed by atoms with Gasteiger partial charge in [-0.05, 0) is 24.8 Å². The average molecular weight is 300 g/mol. The van der Waals surface area contributed by atoms with Gasteiger partial charge in [-0.2, -0.15) is 11.8 Å². The molecule has 2 rings (SSSR count). The zero-order valence-corrected chi connectivity index (χ0v) is 12.5. The van der Waals surface area contributed by atoms with E-state index in [4.69, 9.17) is 4.74 Å². The van der Waals surface area contributed by atoms with E-state index in [1.165, 1.54) is 30.2 Å². The van der Waals surface area contributed by atoms with Crippen molar-refractivity contribution in [3.63, 3.8) is 0 Å². The van der Waals surface area contributed by atoms with Gasteiger partial charge in [0.25, 0.3) is 0 Å². The lowest BCUT2D eigenvalue weighted by atomic mass is 10.0. The second kappa shape index (κ2) is 6.40. The van der Waals surface area contributed by atoms with Crippen molar-refractivity contribution < 1.29 is 14.3 Å². The minimum absolute atomic E-state index is 0.0933. The van der Waals surface area contributed by atoms with Crippen LogP contribution in [0.5, 0.6) is 0 Å². The number of thiophene rings is 1. The van der Waals surface area contributed by atoms with Crippen LogP contribution in [0, 0.1) is 0 Å². The van der Waals surface area contributed by atoms with Crippen LogP contribution in [-0.2, 0) is 22.5 Å². The lowest BCUT2D eigenvalue weighted by Crippen LogP contribution is -2.23. The summed E-state index contributed by atoms with van der Waals surface area (Å²) in [5, 5.41) is 6.68. The molecule has 1 aromatic rings. The van der Waals surface area contributed by atoms with Crippen LogP contribution < -0.4 is 10.6 Å². The number of esters is 1. The average Bonchev–Trinajstić information content (AvgIpc) is 2.75. The van der Waals surface area contributed by atoms with Gasteiger partial charge < -0.3 is 15.4 Å². The van der Waals surface area contributed by atoms with Gasteiger partial charge in [-0.1, -0.05) is 0 Å². The summed E-state index contributed by atoms with van der Waals surface area (Å²) < 4.78 is 4.83. The number of thioether (sulfide) groups is 1. The number of methoxy groups -OCH3 is 1. The van der Waals surface area contributed by atoms with Crippen molar-refractivity contribution in [1.29, 1.82) is 0 Å². The summed E-state index contributed by atoms with van der Waals surface area (Å²) in [7, 11) is 1.36. The Labute approximate surface area is 120 Å². The molecule has 19 heavy (non-hydrogen) atoms. The highest BCUT2D eigenvalue weighted by Crippen LogP contribution is 2.35. The quantitative estimate of drug-likeness (QED) is 0.825. The fourth-order valence-corrected chi connectivity index (χ4v) is 3.59. The molecule has 0 bridgehead atoms. The van der Waals surface area contributed by atoms with Crippen LogP contribution in [0.2, 0.25) is 0 Å². The van der Waals surface area contributed by atoms with Crippen molar-refractivity contribution in [2.24, 2.45) is 0 Å². The van der Waals surface area contributed by atoms with E-state index < -0.39 is 0 Å². The van der Waals surface area contributed by atoms with Gasteiger partial charge in [0.15, 0.2) is 0 Å². The second-order valence-electron chi connectivity index (χ2n) is 4.11. The van der Waals surface area contributed by atoms with E-state index in [-0.39, 0.29) is 11.9 Å². The second-order valence-corrected chi connectivity index (χ2v) is 6.08. The largest absolute Gasteiger partial charge is 0.465 e. The monoisotopic (exact) mass is 300 g/mol. The summed E-state index contributed by atoms with van der Waals surface area (Å²) in [6, 6.07) is 0. The Morgan fingerprint density at radius 2 is 2.32 bits per heavy atom. The fraction of sp³-hybridized carbons (Fsp3) is 0.500. The molecular formula is C12H16N2O3S2. The number of hydrogen-bond donors (Lipinski definition) is 2. The molecule has 2 heterocycles. The van der Waals surface area contributed by atoms with Crippen molar-refractivity contribution in [2.75, 3.05) is 31.0 Å². The molecular weight excluding hydrogens is 284 g/mol. The highest BCUT2D eigenvalue weighted by molar-refractivity contribution is 7.99. The van der Waals surface area contributed by atoms with Crippen LogP contribution in [-0.4, -0.2) is 37.5 Å². The van der Waals surface area contributed by atoms with Crippen LogP contribution in [0.25, 0.3) is 0 Å². The number of carbonyl (C=O) groups is 2. The molecule has 5 nitrogen and oxygen atoms in total. The van der Waals surface area contributed by atoms with E-state index in [0.717, 1.165) is 30.0 Å². The summed E-state index contributed by atoms with van der Waals surface area (Å²) in [6.45, 7) is 1.58. The SMILES string of the molecule is COC(=O)c1c(NC(=O)CSC)sc2c1CCNC2. The van der Waals surface area contributed by atoms with Gasteiger partial charge in [0.2, 0.25) is 5.91 Å². The van der Waals surface area contributed by atoms with Crippen LogP contribution in [0.4, 0.5) is 5.00 Å². The first-order chi connectivity index (χ1) is 9.17. The third-order valence-corrected chi connectivity index (χ3v) is 4.54. The highest BCUT2D eigenvalue weighted by atomic mass is 32.2. The topological polar surface area (TPSA) is 67.4 Å². The zero-order chi connectivity index (χ0) is 13.8. The molecule has 104 valence electrons. The number of nitrogens with one attached hydrogen (secondary N) is 2. The maximum atomic E-state index is 11.9. The maximum absolute atomic E-state index is 11.9. The van der Waals surface area contributed by atoms with Crippen LogP contribution in [0.3, 0.4) is 0 Å². The standard InChI is InChI=1S/C12H16N2O3S2/c1-17-12(16)10-7-3-4-13-5-8(7)19-11(10)14-9(15)6-18-2/h13H,3-6H2,1-2H3,(H,14,15). The molecule has 0 fully saturated rings. The van der Waals surface area contributed by atoms with Crippen LogP contribution >= 0.6 is 23.1 Å². The Morgan fingerprint density at radius 3 is 3.00 bits per heavy atom. The van der Waals surface area contributed by atoms with Gasteiger partial charge >= 0.3 is 5.97 Å². The Morgan fingerprint density at radius 1 is 1.53 bits per heavy atom. The molecule has 0 radical (unpaired) electrons. The Balaban J connectivity index is 2.33. The predicted molar refractivity (Wildman–Crippen MR) is 78.1 cm³/mol. The van der Waals surface area contributed by atoms with Crippen molar-refractivity contribution in [1.82, 2.24) is 5.32 Å². The molecule has 1 amide bonds. The number of rotatable bonds is 4. The minimum atomic E-state index is -0.376.